The van der Waals surface area contributed by atoms with Crippen LogP contribution in [0.25, 0.3) is 10.2 Å². The number of aryl methyl sites for hydroxylation is 1. The lowest BCUT2D eigenvalue weighted by atomic mass is 10.1. The molecule has 0 aliphatic carbocycles. The molecule has 1 fully saturated rings. The molecule has 1 saturated heterocycles. The number of rotatable bonds is 5. The summed E-state index contributed by atoms with van der Waals surface area (Å²) < 4.78 is 29.1. The molecule has 1 aliphatic heterocycles. The Hall–Kier alpha value is -2.49. The second-order valence-corrected chi connectivity index (χ2v) is 10.3. The summed E-state index contributed by atoms with van der Waals surface area (Å²) in [4.78, 5) is 18.1. The van der Waals surface area contributed by atoms with Crippen LogP contribution in [0, 0.1) is 6.92 Å². The van der Waals surface area contributed by atoms with Crippen molar-refractivity contribution in [3.63, 3.8) is 0 Å². The van der Waals surface area contributed by atoms with Crippen molar-refractivity contribution in [1.29, 1.82) is 0 Å². The fourth-order valence-corrected chi connectivity index (χ4v) is 6.17. The van der Waals surface area contributed by atoms with Crippen LogP contribution in [-0.4, -0.2) is 55.0 Å². The van der Waals surface area contributed by atoms with Crippen LogP contribution in [0.5, 0.6) is 0 Å². The summed E-state index contributed by atoms with van der Waals surface area (Å²) in [7, 11) is -3.69. The predicted molar refractivity (Wildman–Crippen MR) is 118 cm³/mol. The molecule has 2 aromatic carbocycles. The highest BCUT2D eigenvalue weighted by molar-refractivity contribution is 7.89. The van der Waals surface area contributed by atoms with Crippen LogP contribution in [0.1, 0.15) is 17.5 Å². The van der Waals surface area contributed by atoms with Gasteiger partial charge in [0.1, 0.15) is 0 Å². The third kappa shape index (κ3) is 4.19. The van der Waals surface area contributed by atoms with Crippen LogP contribution >= 0.6 is 11.3 Å². The molecule has 0 atom stereocenters. The Morgan fingerprint density at radius 3 is 2.70 bits per heavy atom. The largest absolute Gasteiger partial charge is 0.481 e. The second-order valence-electron chi connectivity index (χ2n) is 7.37. The summed E-state index contributed by atoms with van der Waals surface area (Å²) >= 11 is 1.62. The number of nitrogens with zero attached hydrogens (tertiary/aromatic N) is 3. The van der Waals surface area contributed by atoms with Crippen molar-refractivity contribution in [3.8, 4) is 0 Å². The van der Waals surface area contributed by atoms with Gasteiger partial charge >= 0.3 is 5.97 Å². The Bertz CT molecular complexity index is 1160. The minimum Gasteiger partial charge on any atom is -0.481 e. The van der Waals surface area contributed by atoms with E-state index in [1.807, 2.05) is 24.3 Å². The van der Waals surface area contributed by atoms with Gasteiger partial charge in [0.05, 0.1) is 21.5 Å². The number of carbonyl (C=O) groups is 1. The van der Waals surface area contributed by atoms with Crippen LogP contribution in [0.15, 0.2) is 47.4 Å². The molecule has 30 heavy (non-hydrogen) atoms. The molecule has 0 radical (unpaired) electrons. The number of aliphatic carboxylic acids is 1. The van der Waals surface area contributed by atoms with Gasteiger partial charge in [0.2, 0.25) is 10.0 Å². The highest BCUT2D eigenvalue weighted by Crippen LogP contribution is 2.30. The zero-order valence-corrected chi connectivity index (χ0v) is 18.2. The third-order valence-corrected chi connectivity index (χ3v) is 8.30. The fraction of sp³-hybridized carbons (Fsp3) is 0.333. The first kappa shape index (κ1) is 20.8. The van der Waals surface area contributed by atoms with Crippen molar-refractivity contribution in [2.45, 2.75) is 24.7 Å². The first-order valence-corrected chi connectivity index (χ1v) is 12.0. The van der Waals surface area contributed by atoms with Crippen molar-refractivity contribution >= 4 is 42.7 Å². The van der Waals surface area contributed by atoms with Crippen LogP contribution in [0.4, 0.5) is 5.13 Å². The van der Waals surface area contributed by atoms with Gasteiger partial charge in [-0.3, -0.25) is 4.79 Å². The average Bonchev–Trinajstić information content (AvgIpc) is 2.97. The summed E-state index contributed by atoms with van der Waals surface area (Å²) in [6.07, 6.45) is 0.504. The molecular formula is C21H23N3O4S2. The Labute approximate surface area is 179 Å². The number of carboxylic acids is 1. The van der Waals surface area contributed by atoms with Gasteiger partial charge in [-0.1, -0.05) is 29.5 Å². The quantitative estimate of drug-likeness (QED) is 0.649. The molecule has 1 aromatic heterocycles. The van der Waals surface area contributed by atoms with Gasteiger partial charge in [0.15, 0.2) is 5.13 Å². The number of hydrogen-bond acceptors (Lipinski definition) is 6. The molecule has 9 heteroatoms. The third-order valence-electron chi connectivity index (χ3n) is 5.31. The molecule has 4 rings (SSSR count). The van der Waals surface area contributed by atoms with E-state index < -0.39 is 16.0 Å². The van der Waals surface area contributed by atoms with E-state index in [-0.39, 0.29) is 11.3 Å². The van der Waals surface area contributed by atoms with E-state index in [9.17, 15) is 13.2 Å². The number of aromatic nitrogens is 1. The van der Waals surface area contributed by atoms with Gasteiger partial charge in [-0.15, -0.1) is 0 Å². The zero-order valence-electron chi connectivity index (χ0n) is 16.6. The summed E-state index contributed by atoms with van der Waals surface area (Å²) in [6, 6.07) is 12.7. The molecule has 0 saturated carbocycles. The normalized spacial score (nSPS) is 16.0. The fourth-order valence-electron chi connectivity index (χ4n) is 3.63. The highest BCUT2D eigenvalue weighted by atomic mass is 32.2. The van der Waals surface area contributed by atoms with Gasteiger partial charge < -0.3 is 10.0 Å². The van der Waals surface area contributed by atoms with Gasteiger partial charge in [0.25, 0.3) is 0 Å². The van der Waals surface area contributed by atoms with Gasteiger partial charge in [-0.05, 0) is 48.7 Å². The van der Waals surface area contributed by atoms with E-state index in [2.05, 4.69) is 4.90 Å². The van der Waals surface area contributed by atoms with Crippen LogP contribution in [0.2, 0.25) is 0 Å². The average molecular weight is 446 g/mol. The van der Waals surface area contributed by atoms with Crippen molar-refractivity contribution in [3.05, 3.63) is 53.6 Å². The van der Waals surface area contributed by atoms with E-state index in [1.165, 1.54) is 10.4 Å². The van der Waals surface area contributed by atoms with Gasteiger partial charge in [0, 0.05) is 26.2 Å². The molecular weight excluding hydrogens is 422 g/mol. The van der Waals surface area contributed by atoms with E-state index in [0.717, 1.165) is 27.5 Å². The standard InChI is InChI=1S/C21H23N3O4S2/c1-15-7-8-17(13-16(15)14-20(25)26)30(27,28)24-10-4-9-23(11-12-24)21-22-18-5-2-3-6-19(18)29-21/h2-3,5-8,13H,4,9-12,14H2,1H3,(H,25,26). The van der Waals surface area contributed by atoms with Gasteiger partial charge in [-0.2, -0.15) is 4.31 Å². The highest BCUT2D eigenvalue weighted by Gasteiger charge is 2.28. The molecule has 0 bridgehead atoms. The first-order chi connectivity index (χ1) is 14.3. The van der Waals surface area contributed by atoms with Crippen LogP contribution < -0.4 is 4.90 Å². The summed E-state index contributed by atoms with van der Waals surface area (Å²) in [5, 5.41) is 10.0. The Kier molecular flexibility index (Phi) is 5.77. The summed E-state index contributed by atoms with van der Waals surface area (Å²) in [5.74, 6) is -0.978. The Morgan fingerprint density at radius 1 is 1.13 bits per heavy atom. The minimum atomic E-state index is -3.69. The number of hydrogen-bond donors (Lipinski definition) is 1. The van der Waals surface area contributed by atoms with E-state index in [4.69, 9.17) is 10.1 Å². The molecule has 7 nitrogen and oxygen atoms in total. The lowest BCUT2D eigenvalue weighted by molar-refractivity contribution is -0.136. The monoisotopic (exact) mass is 445 g/mol. The number of para-hydroxylation sites is 1. The van der Waals surface area contributed by atoms with Gasteiger partial charge in [-0.25, -0.2) is 13.4 Å². The maximum atomic E-state index is 13.2. The molecule has 1 N–H and O–H groups in total. The smallest absolute Gasteiger partial charge is 0.307 e. The van der Waals surface area contributed by atoms with E-state index in [1.54, 1.807) is 30.4 Å². The van der Waals surface area contributed by atoms with Crippen molar-refractivity contribution in [2.75, 3.05) is 31.1 Å². The molecule has 0 unspecified atom stereocenters. The first-order valence-electron chi connectivity index (χ1n) is 9.76. The summed E-state index contributed by atoms with van der Waals surface area (Å²) in [5.41, 5.74) is 2.25. The maximum Gasteiger partial charge on any atom is 0.307 e. The lowest BCUT2D eigenvalue weighted by Gasteiger charge is -2.22. The number of fused-ring (bicyclic) bond motifs is 1. The van der Waals surface area contributed by atoms with Crippen molar-refractivity contribution < 1.29 is 18.3 Å². The second kappa shape index (κ2) is 8.33. The zero-order chi connectivity index (χ0) is 21.3. The van der Waals surface area contributed by atoms with Crippen molar-refractivity contribution in [1.82, 2.24) is 9.29 Å². The molecule has 1 aliphatic rings. The molecule has 158 valence electrons. The molecule has 2 heterocycles. The number of thiazole rings is 1. The van der Waals surface area contributed by atoms with Crippen LogP contribution in [0.3, 0.4) is 0 Å². The topological polar surface area (TPSA) is 90.8 Å². The van der Waals surface area contributed by atoms with Crippen molar-refractivity contribution in [2.24, 2.45) is 0 Å². The van der Waals surface area contributed by atoms with E-state index in [0.29, 0.717) is 31.6 Å². The lowest BCUT2D eigenvalue weighted by Crippen LogP contribution is -2.35. The van der Waals surface area contributed by atoms with E-state index >= 15 is 0 Å². The number of carboxylic acid groups (broad SMARTS) is 1. The number of sulfonamides is 1. The Morgan fingerprint density at radius 2 is 1.93 bits per heavy atom. The molecule has 3 aromatic rings. The minimum absolute atomic E-state index is 0.151. The number of benzene rings is 2. The molecule has 0 spiro atoms. The Balaban J connectivity index is 1.54. The summed E-state index contributed by atoms with van der Waals surface area (Å²) in [6.45, 7) is 3.87. The SMILES string of the molecule is Cc1ccc(S(=O)(=O)N2CCCN(c3nc4ccccc4s3)CC2)cc1CC(=O)O. The molecule has 0 amide bonds. The van der Waals surface area contributed by atoms with Crippen LogP contribution in [-0.2, 0) is 21.2 Å². The number of anilines is 1. The maximum absolute atomic E-state index is 13.2. The predicted octanol–water partition coefficient (Wildman–Crippen LogP) is 3.13.